The van der Waals surface area contributed by atoms with Crippen LogP contribution in [0.4, 0.5) is 0 Å². The molecule has 1 fully saturated rings. The Morgan fingerprint density at radius 2 is 1.94 bits per heavy atom. The number of hydrogen-bond donors (Lipinski definition) is 0. The number of carbonyl (C=O) groups excluding carboxylic acids is 1. The molecule has 1 aromatic carbocycles. The first-order valence-electron chi connectivity index (χ1n) is 6.42. The van der Waals surface area contributed by atoms with E-state index in [0.717, 1.165) is 6.54 Å². The first kappa shape index (κ1) is 13.1. The molecule has 1 aliphatic heterocycles. The Hall–Kier alpha value is -1.35. The van der Waals surface area contributed by atoms with Crippen molar-refractivity contribution in [2.45, 2.75) is 45.4 Å². The second kappa shape index (κ2) is 4.73. The van der Waals surface area contributed by atoms with Crippen LogP contribution >= 0.6 is 0 Å². The minimum atomic E-state index is -0.401. The lowest BCUT2D eigenvalue weighted by Crippen LogP contribution is -2.28. The Kier molecular flexibility index (Phi) is 3.44. The number of benzene rings is 1. The molecule has 2 rings (SSSR count). The molecular weight excluding hydrogens is 226 g/mol. The highest BCUT2D eigenvalue weighted by atomic mass is 16.6. The molecule has 18 heavy (non-hydrogen) atoms. The molecule has 1 aromatic rings. The van der Waals surface area contributed by atoms with Crippen LogP contribution in [0, 0.1) is 0 Å². The zero-order chi connectivity index (χ0) is 13.3. The molecule has 98 valence electrons. The average molecular weight is 247 g/mol. The van der Waals surface area contributed by atoms with Gasteiger partial charge in [-0.3, -0.25) is 9.69 Å². The SMILES string of the molecule is C[C@H](c1ccccc1)N1C[C@@H]1C(=O)OC(C)(C)C. The van der Waals surface area contributed by atoms with E-state index >= 15 is 0 Å². The van der Waals surface area contributed by atoms with E-state index in [2.05, 4.69) is 24.0 Å². The zero-order valence-electron chi connectivity index (χ0n) is 11.5. The third-order valence-corrected chi connectivity index (χ3v) is 3.11. The van der Waals surface area contributed by atoms with E-state index in [4.69, 9.17) is 4.74 Å². The summed E-state index contributed by atoms with van der Waals surface area (Å²) >= 11 is 0. The molecule has 0 aliphatic carbocycles. The Morgan fingerprint density at radius 3 is 2.50 bits per heavy atom. The molecule has 1 saturated heterocycles. The summed E-state index contributed by atoms with van der Waals surface area (Å²) in [4.78, 5) is 14.1. The number of carbonyl (C=O) groups is 1. The van der Waals surface area contributed by atoms with Crippen molar-refractivity contribution in [1.82, 2.24) is 4.90 Å². The summed E-state index contributed by atoms with van der Waals surface area (Å²) in [6.07, 6.45) is 0. The van der Waals surface area contributed by atoms with Crippen LogP contribution in [-0.4, -0.2) is 29.1 Å². The van der Waals surface area contributed by atoms with Crippen LogP contribution in [0.5, 0.6) is 0 Å². The maximum absolute atomic E-state index is 11.9. The lowest BCUT2D eigenvalue weighted by molar-refractivity contribution is -0.155. The zero-order valence-corrected chi connectivity index (χ0v) is 11.5. The van der Waals surface area contributed by atoms with Crippen LogP contribution in [0.1, 0.15) is 39.3 Å². The maximum atomic E-state index is 11.9. The summed E-state index contributed by atoms with van der Waals surface area (Å²) < 4.78 is 5.40. The van der Waals surface area contributed by atoms with Crippen molar-refractivity contribution in [3.05, 3.63) is 35.9 Å². The number of esters is 1. The van der Waals surface area contributed by atoms with Gasteiger partial charge in [0.25, 0.3) is 0 Å². The normalized spacial score (nSPS) is 24.4. The fraction of sp³-hybridized carbons (Fsp3) is 0.533. The topological polar surface area (TPSA) is 29.3 Å². The minimum Gasteiger partial charge on any atom is -0.459 e. The van der Waals surface area contributed by atoms with Crippen molar-refractivity contribution in [3.8, 4) is 0 Å². The van der Waals surface area contributed by atoms with Gasteiger partial charge in [0.05, 0.1) is 0 Å². The van der Waals surface area contributed by atoms with E-state index < -0.39 is 5.60 Å². The van der Waals surface area contributed by atoms with Crippen LogP contribution in [0.2, 0.25) is 0 Å². The van der Waals surface area contributed by atoms with Gasteiger partial charge in [-0.1, -0.05) is 30.3 Å². The number of hydrogen-bond acceptors (Lipinski definition) is 3. The largest absolute Gasteiger partial charge is 0.459 e. The number of rotatable bonds is 3. The molecule has 3 heteroatoms. The van der Waals surface area contributed by atoms with Crippen molar-refractivity contribution < 1.29 is 9.53 Å². The van der Waals surface area contributed by atoms with Crippen molar-refractivity contribution in [3.63, 3.8) is 0 Å². The van der Waals surface area contributed by atoms with Gasteiger partial charge in [0.15, 0.2) is 0 Å². The minimum absolute atomic E-state index is 0.0700. The summed E-state index contributed by atoms with van der Waals surface area (Å²) in [6.45, 7) is 8.62. The predicted molar refractivity (Wildman–Crippen MR) is 71.2 cm³/mol. The van der Waals surface area contributed by atoms with Gasteiger partial charge in [-0.25, -0.2) is 0 Å². The standard InChI is InChI=1S/C15H21NO2/c1-11(12-8-6-5-7-9-12)16-10-13(16)14(17)18-15(2,3)4/h5-9,11,13H,10H2,1-4H3/t11-,13-,16?/m1/s1. The Bertz CT molecular complexity index is 422. The summed E-state index contributed by atoms with van der Waals surface area (Å²) in [5, 5.41) is 0. The fourth-order valence-corrected chi connectivity index (χ4v) is 2.08. The molecule has 0 bridgehead atoms. The van der Waals surface area contributed by atoms with Crippen LogP contribution in [0.3, 0.4) is 0 Å². The van der Waals surface area contributed by atoms with Gasteiger partial charge in [0, 0.05) is 12.6 Å². The van der Waals surface area contributed by atoms with Crippen LogP contribution in [0.25, 0.3) is 0 Å². The smallest absolute Gasteiger partial charge is 0.325 e. The average Bonchev–Trinajstić information content (AvgIpc) is 3.07. The highest BCUT2D eigenvalue weighted by Gasteiger charge is 2.45. The van der Waals surface area contributed by atoms with Crippen molar-refractivity contribution in [2.24, 2.45) is 0 Å². The maximum Gasteiger partial charge on any atom is 0.325 e. The van der Waals surface area contributed by atoms with Crippen LogP contribution in [0.15, 0.2) is 30.3 Å². The molecule has 0 spiro atoms. The molecule has 1 aliphatic rings. The summed E-state index contributed by atoms with van der Waals surface area (Å²) in [6, 6.07) is 10.4. The highest BCUT2D eigenvalue weighted by molar-refractivity contribution is 5.79. The molecule has 3 nitrogen and oxygen atoms in total. The molecule has 0 saturated carbocycles. The van der Waals surface area contributed by atoms with E-state index in [1.54, 1.807) is 0 Å². The van der Waals surface area contributed by atoms with E-state index in [9.17, 15) is 4.79 Å². The lowest BCUT2D eigenvalue weighted by Gasteiger charge is -2.20. The molecule has 1 unspecified atom stereocenters. The monoisotopic (exact) mass is 247 g/mol. The third-order valence-electron chi connectivity index (χ3n) is 3.11. The van der Waals surface area contributed by atoms with Crippen LogP contribution in [-0.2, 0) is 9.53 Å². The van der Waals surface area contributed by atoms with E-state index in [1.165, 1.54) is 5.56 Å². The molecule has 1 heterocycles. The molecule has 3 atom stereocenters. The van der Waals surface area contributed by atoms with Crippen molar-refractivity contribution >= 4 is 5.97 Å². The first-order valence-corrected chi connectivity index (χ1v) is 6.42. The molecule has 0 aromatic heterocycles. The van der Waals surface area contributed by atoms with Crippen molar-refractivity contribution in [2.75, 3.05) is 6.54 Å². The second-order valence-corrected chi connectivity index (χ2v) is 5.83. The van der Waals surface area contributed by atoms with E-state index in [-0.39, 0.29) is 18.1 Å². The van der Waals surface area contributed by atoms with Crippen molar-refractivity contribution in [1.29, 1.82) is 0 Å². The Morgan fingerprint density at radius 1 is 1.33 bits per heavy atom. The molecule has 0 N–H and O–H groups in total. The number of nitrogens with zero attached hydrogens (tertiary/aromatic N) is 1. The van der Waals surface area contributed by atoms with Gasteiger partial charge in [0.1, 0.15) is 11.6 Å². The third kappa shape index (κ3) is 3.10. The van der Waals surface area contributed by atoms with Gasteiger partial charge in [0.2, 0.25) is 0 Å². The predicted octanol–water partition coefficient (Wildman–Crippen LogP) is 2.77. The lowest BCUT2D eigenvalue weighted by atomic mass is 10.1. The van der Waals surface area contributed by atoms with E-state index in [1.807, 2.05) is 39.0 Å². The van der Waals surface area contributed by atoms with Gasteiger partial charge in [-0.2, -0.15) is 0 Å². The Labute approximate surface area is 109 Å². The van der Waals surface area contributed by atoms with Gasteiger partial charge in [-0.15, -0.1) is 0 Å². The summed E-state index contributed by atoms with van der Waals surface area (Å²) in [5.41, 5.74) is 0.838. The summed E-state index contributed by atoms with van der Waals surface area (Å²) in [7, 11) is 0. The quantitative estimate of drug-likeness (QED) is 0.607. The van der Waals surface area contributed by atoms with E-state index in [0.29, 0.717) is 0 Å². The molecule has 0 radical (unpaired) electrons. The van der Waals surface area contributed by atoms with Gasteiger partial charge >= 0.3 is 5.97 Å². The molecule has 0 amide bonds. The molecular formula is C15H21NO2. The second-order valence-electron chi connectivity index (χ2n) is 5.83. The highest BCUT2D eigenvalue weighted by Crippen LogP contribution is 2.32. The fourth-order valence-electron chi connectivity index (χ4n) is 2.08. The van der Waals surface area contributed by atoms with Gasteiger partial charge in [-0.05, 0) is 33.3 Å². The Balaban J connectivity index is 1.93. The van der Waals surface area contributed by atoms with Crippen LogP contribution < -0.4 is 0 Å². The summed E-state index contributed by atoms with van der Waals surface area (Å²) in [5.74, 6) is -0.106. The number of ether oxygens (including phenoxy) is 1. The van der Waals surface area contributed by atoms with Gasteiger partial charge < -0.3 is 4.74 Å². The first-order chi connectivity index (χ1) is 8.38.